The number of nitrogens with zero attached hydrogens (tertiary/aromatic N) is 1. The van der Waals surface area contributed by atoms with Gasteiger partial charge in [-0.05, 0) is 43.5 Å². The smallest absolute Gasteiger partial charge is 0.251 e. The molecule has 0 radical (unpaired) electrons. The summed E-state index contributed by atoms with van der Waals surface area (Å²) in [6.45, 7) is 8.29. The van der Waals surface area contributed by atoms with Gasteiger partial charge in [-0.1, -0.05) is 36.4 Å². The Balaban J connectivity index is 2.07. The van der Waals surface area contributed by atoms with Crippen molar-refractivity contribution in [2.45, 2.75) is 27.7 Å². The van der Waals surface area contributed by atoms with Gasteiger partial charge in [0, 0.05) is 31.3 Å². The van der Waals surface area contributed by atoms with Crippen molar-refractivity contribution in [3.05, 3.63) is 64.7 Å². The average Bonchev–Trinajstić information content (AvgIpc) is 2.53. The maximum absolute atomic E-state index is 12.3. The van der Waals surface area contributed by atoms with Crippen LogP contribution in [0.4, 0.5) is 5.69 Å². The lowest BCUT2D eigenvalue weighted by atomic mass is 10.1. The molecule has 1 N–H and O–H groups in total. The number of benzene rings is 2. The third-order valence-corrected chi connectivity index (χ3v) is 4.10. The minimum atomic E-state index is -0.113. The van der Waals surface area contributed by atoms with Crippen LogP contribution >= 0.6 is 0 Å². The van der Waals surface area contributed by atoms with E-state index in [0.29, 0.717) is 18.7 Å². The highest BCUT2D eigenvalue weighted by molar-refractivity contribution is 5.96. The summed E-state index contributed by atoms with van der Waals surface area (Å²) in [5.74, 6) is -0.143. The van der Waals surface area contributed by atoms with Gasteiger partial charge in [-0.15, -0.1) is 0 Å². The van der Waals surface area contributed by atoms with Gasteiger partial charge in [-0.25, -0.2) is 0 Å². The number of carbonyl (C=O) groups excluding carboxylic acids is 2. The number of amides is 2. The lowest BCUT2D eigenvalue weighted by Crippen LogP contribution is -2.38. The first-order chi connectivity index (χ1) is 11.4. The third-order valence-electron chi connectivity index (χ3n) is 4.10. The zero-order valence-electron chi connectivity index (χ0n) is 14.7. The molecule has 24 heavy (non-hydrogen) atoms. The summed E-state index contributed by atoms with van der Waals surface area (Å²) in [6, 6.07) is 13.4. The first-order valence-electron chi connectivity index (χ1n) is 8.10. The number of hydrogen-bond donors (Lipinski definition) is 1. The number of hydrogen-bond acceptors (Lipinski definition) is 2. The van der Waals surface area contributed by atoms with E-state index in [1.807, 2.05) is 57.2 Å². The molecule has 0 aliphatic heterocycles. The van der Waals surface area contributed by atoms with E-state index in [4.69, 9.17) is 0 Å². The van der Waals surface area contributed by atoms with Crippen molar-refractivity contribution in [3.8, 4) is 0 Å². The Morgan fingerprint density at radius 2 is 1.50 bits per heavy atom. The van der Waals surface area contributed by atoms with Crippen molar-refractivity contribution in [2.75, 3.05) is 18.0 Å². The minimum Gasteiger partial charge on any atom is -0.350 e. The molecule has 0 saturated carbocycles. The SMILES string of the molecule is CC(=O)N(CCNC(=O)c1ccccc1C)c1c(C)cccc1C. The summed E-state index contributed by atoms with van der Waals surface area (Å²) in [5.41, 5.74) is 4.63. The largest absolute Gasteiger partial charge is 0.350 e. The van der Waals surface area contributed by atoms with Crippen LogP contribution in [0, 0.1) is 20.8 Å². The molecule has 0 aromatic heterocycles. The van der Waals surface area contributed by atoms with E-state index >= 15 is 0 Å². The fourth-order valence-corrected chi connectivity index (χ4v) is 2.86. The molecule has 0 heterocycles. The Kier molecular flexibility index (Phi) is 5.74. The monoisotopic (exact) mass is 324 g/mol. The summed E-state index contributed by atoms with van der Waals surface area (Å²) >= 11 is 0. The second kappa shape index (κ2) is 7.77. The van der Waals surface area contributed by atoms with Gasteiger partial charge in [-0.3, -0.25) is 9.59 Å². The highest BCUT2D eigenvalue weighted by atomic mass is 16.2. The molecule has 2 aromatic rings. The zero-order valence-corrected chi connectivity index (χ0v) is 14.7. The van der Waals surface area contributed by atoms with E-state index in [-0.39, 0.29) is 11.8 Å². The van der Waals surface area contributed by atoms with Crippen LogP contribution in [-0.4, -0.2) is 24.9 Å². The normalized spacial score (nSPS) is 10.3. The lowest BCUT2D eigenvalue weighted by molar-refractivity contribution is -0.116. The van der Waals surface area contributed by atoms with Crippen molar-refractivity contribution in [3.63, 3.8) is 0 Å². The van der Waals surface area contributed by atoms with E-state index in [1.165, 1.54) is 0 Å². The quantitative estimate of drug-likeness (QED) is 0.916. The zero-order chi connectivity index (χ0) is 17.7. The molecule has 126 valence electrons. The van der Waals surface area contributed by atoms with Crippen molar-refractivity contribution in [1.29, 1.82) is 0 Å². The van der Waals surface area contributed by atoms with Gasteiger partial charge in [0.2, 0.25) is 5.91 Å². The van der Waals surface area contributed by atoms with Crippen LogP contribution in [0.1, 0.15) is 34.0 Å². The van der Waals surface area contributed by atoms with Crippen LogP contribution in [0.3, 0.4) is 0 Å². The fraction of sp³-hybridized carbons (Fsp3) is 0.300. The van der Waals surface area contributed by atoms with Crippen LogP contribution in [0.5, 0.6) is 0 Å². The Morgan fingerprint density at radius 3 is 2.08 bits per heavy atom. The maximum atomic E-state index is 12.3. The Morgan fingerprint density at radius 1 is 0.917 bits per heavy atom. The van der Waals surface area contributed by atoms with Crippen LogP contribution < -0.4 is 10.2 Å². The number of rotatable bonds is 5. The molecule has 0 fully saturated rings. The predicted octanol–water partition coefficient (Wildman–Crippen LogP) is 3.39. The summed E-state index contributed by atoms with van der Waals surface area (Å²) in [7, 11) is 0. The van der Waals surface area contributed by atoms with Crippen LogP contribution in [0.15, 0.2) is 42.5 Å². The number of aryl methyl sites for hydroxylation is 3. The molecule has 2 rings (SSSR count). The molecule has 0 atom stereocenters. The molecule has 0 bridgehead atoms. The predicted molar refractivity (Wildman–Crippen MR) is 97.5 cm³/mol. The molecule has 4 heteroatoms. The fourth-order valence-electron chi connectivity index (χ4n) is 2.86. The van der Waals surface area contributed by atoms with Gasteiger partial charge < -0.3 is 10.2 Å². The second-order valence-electron chi connectivity index (χ2n) is 5.98. The minimum absolute atomic E-state index is 0.0301. The lowest BCUT2D eigenvalue weighted by Gasteiger charge is -2.25. The van der Waals surface area contributed by atoms with Crippen LogP contribution in [0.25, 0.3) is 0 Å². The number of para-hydroxylation sites is 1. The van der Waals surface area contributed by atoms with Crippen molar-refractivity contribution >= 4 is 17.5 Å². The molecule has 4 nitrogen and oxygen atoms in total. The molecule has 0 saturated heterocycles. The summed E-state index contributed by atoms with van der Waals surface area (Å²) in [5, 5.41) is 2.90. The molecule has 0 aliphatic carbocycles. The van der Waals surface area contributed by atoms with Crippen molar-refractivity contribution in [2.24, 2.45) is 0 Å². The summed E-state index contributed by atoms with van der Waals surface area (Å²) in [4.78, 5) is 26.1. The molecular weight excluding hydrogens is 300 g/mol. The maximum Gasteiger partial charge on any atom is 0.251 e. The first kappa shape index (κ1) is 17.7. The number of anilines is 1. The van der Waals surface area contributed by atoms with Gasteiger partial charge in [0.05, 0.1) is 0 Å². The molecule has 0 spiro atoms. The molecular formula is C20H24N2O2. The standard InChI is InChI=1S/C20H24N2O2/c1-14-8-5-6-11-18(14)20(24)21-12-13-22(17(4)23)19-15(2)9-7-10-16(19)3/h5-11H,12-13H2,1-4H3,(H,21,24). The van der Waals surface area contributed by atoms with E-state index in [2.05, 4.69) is 5.32 Å². The van der Waals surface area contributed by atoms with Gasteiger partial charge in [-0.2, -0.15) is 0 Å². The van der Waals surface area contributed by atoms with E-state index in [9.17, 15) is 9.59 Å². The number of carbonyl (C=O) groups is 2. The number of nitrogens with one attached hydrogen (secondary N) is 1. The van der Waals surface area contributed by atoms with Crippen molar-refractivity contribution in [1.82, 2.24) is 5.32 Å². The topological polar surface area (TPSA) is 49.4 Å². The summed E-state index contributed by atoms with van der Waals surface area (Å²) in [6.07, 6.45) is 0. The van der Waals surface area contributed by atoms with Crippen LogP contribution in [0.2, 0.25) is 0 Å². The van der Waals surface area contributed by atoms with Gasteiger partial charge >= 0.3 is 0 Å². The van der Waals surface area contributed by atoms with Crippen LogP contribution in [-0.2, 0) is 4.79 Å². The summed E-state index contributed by atoms with van der Waals surface area (Å²) < 4.78 is 0. The van der Waals surface area contributed by atoms with Gasteiger partial charge in [0.1, 0.15) is 0 Å². The van der Waals surface area contributed by atoms with E-state index in [0.717, 1.165) is 22.4 Å². The van der Waals surface area contributed by atoms with E-state index in [1.54, 1.807) is 17.9 Å². The van der Waals surface area contributed by atoms with Crippen molar-refractivity contribution < 1.29 is 9.59 Å². The van der Waals surface area contributed by atoms with Gasteiger partial charge in [0.25, 0.3) is 5.91 Å². The Labute approximate surface area is 143 Å². The van der Waals surface area contributed by atoms with Gasteiger partial charge in [0.15, 0.2) is 0 Å². The second-order valence-corrected chi connectivity index (χ2v) is 5.98. The third kappa shape index (κ3) is 4.02. The highest BCUT2D eigenvalue weighted by Crippen LogP contribution is 2.24. The highest BCUT2D eigenvalue weighted by Gasteiger charge is 2.16. The first-order valence-corrected chi connectivity index (χ1v) is 8.10. The molecule has 0 aliphatic rings. The van der Waals surface area contributed by atoms with E-state index < -0.39 is 0 Å². The Hall–Kier alpha value is -2.62. The molecule has 2 aromatic carbocycles. The Bertz CT molecular complexity index is 733. The molecule has 2 amide bonds. The molecule has 0 unspecified atom stereocenters. The average molecular weight is 324 g/mol.